The van der Waals surface area contributed by atoms with E-state index in [9.17, 15) is 4.79 Å². The molecule has 0 aliphatic heterocycles. The highest BCUT2D eigenvalue weighted by Gasteiger charge is 2.12. The molecule has 2 N–H and O–H groups in total. The second kappa shape index (κ2) is 10.4. The van der Waals surface area contributed by atoms with Gasteiger partial charge in [-0.3, -0.25) is 15.1 Å². The molecule has 1 amide bonds. The summed E-state index contributed by atoms with van der Waals surface area (Å²) in [5.41, 5.74) is 3.22. The number of amides is 1. The van der Waals surface area contributed by atoms with Crippen LogP contribution in [0.1, 0.15) is 28.4 Å². The SMILES string of the molecule is CCc1ccc(C(=O)NC(=NCc2cccnc2)Nc2cc(Cl)ccc2OC)cc1. The van der Waals surface area contributed by atoms with Gasteiger partial charge in [-0.15, -0.1) is 0 Å². The third kappa shape index (κ3) is 5.81. The summed E-state index contributed by atoms with van der Waals surface area (Å²) in [6.45, 7) is 2.41. The highest BCUT2D eigenvalue weighted by atomic mass is 35.5. The van der Waals surface area contributed by atoms with Crippen molar-refractivity contribution in [3.05, 3.63) is 88.7 Å². The number of anilines is 1. The standard InChI is InChI=1S/C23H23ClN4O2/c1-3-16-6-8-18(9-7-16)22(29)28-23(26-15-17-5-4-12-25-14-17)27-20-13-19(24)10-11-21(20)30-2/h4-14H,3,15H2,1-2H3,(H2,26,27,28,29). The van der Waals surface area contributed by atoms with Gasteiger partial charge in [0, 0.05) is 23.0 Å². The molecule has 1 heterocycles. The predicted molar refractivity (Wildman–Crippen MR) is 120 cm³/mol. The third-order valence-corrected chi connectivity index (χ3v) is 4.65. The molecule has 0 spiro atoms. The molecule has 30 heavy (non-hydrogen) atoms. The Balaban J connectivity index is 1.85. The van der Waals surface area contributed by atoms with Crippen LogP contribution in [0, 0.1) is 0 Å². The molecular weight excluding hydrogens is 400 g/mol. The number of methoxy groups -OCH3 is 1. The maximum atomic E-state index is 12.8. The number of hydrogen-bond donors (Lipinski definition) is 2. The fourth-order valence-electron chi connectivity index (χ4n) is 2.75. The Morgan fingerprint density at radius 3 is 2.60 bits per heavy atom. The van der Waals surface area contributed by atoms with Crippen LogP contribution in [-0.4, -0.2) is 24.0 Å². The van der Waals surface area contributed by atoms with Crippen LogP contribution in [0.5, 0.6) is 5.75 Å². The zero-order valence-corrected chi connectivity index (χ0v) is 17.6. The number of carbonyl (C=O) groups excluding carboxylic acids is 1. The van der Waals surface area contributed by atoms with E-state index in [1.54, 1.807) is 49.8 Å². The molecule has 7 heteroatoms. The first-order chi connectivity index (χ1) is 14.6. The summed E-state index contributed by atoms with van der Waals surface area (Å²) in [5, 5.41) is 6.50. The van der Waals surface area contributed by atoms with E-state index in [-0.39, 0.29) is 11.9 Å². The molecule has 0 saturated carbocycles. The van der Waals surface area contributed by atoms with E-state index >= 15 is 0 Å². The molecular formula is C23H23ClN4O2. The zero-order valence-electron chi connectivity index (χ0n) is 16.9. The number of halogens is 1. The Morgan fingerprint density at radius 2 is 1.93 bits per heavy atom. The molecule has 2 aromatic carbocycles. The van der Waals surface area contributed by atoms with E-state index in [4.69, 9.17) is 16.3 Å². The van der Waals surface area contributed by atoms with Gasteiger partial charge >= 0.3 is 0 Å². The first-order valence-electron chi connectivity index (χ1n) is 9.53. The van der Waals surface area contributed by atoms with Crippen molar-refractivity contribution in [1.82, 2.24) is 10.3 Å². The number of nitrogens with zero attached hydrogens (tertiary/aromatic N) is 2. The van der Waals surface area contributed by atoms with Crippen LogP contribution in [0.2, 0.25) is 5.02 Å². The van der Waals surface area contributed by atoms with Crippen LogP contribution in [0.25, 0.3) is 0 Å². The molecule has 0 saturated heterocycles. The molecule has 3 rings (SSSR count). The highest BCUT2D eigenvalue weighted by molar-refractivity contribution is 6.31. The number of rotatable bonds is 6. The van der Waals surface area contributed by atoms with E-state index < -0.39 is 0 Å². The number of benzene rings is 2. The number of aliphatic imine (C=N–C) groups is 1. The van der Waals surface area contributed by atoms with Crippen LogP contribution in [-0.2, 0) is 13.0 Å². The number of guanidine groups is 1. The Hall–Kier alpha value is -3.38. The molecule has 154 valence electrons. The van der Waals surface area contributed by atoms with Gasteiger partial charge in [-0.25, -0.2) is 4.99 Å². The van der Waals surface area contributed by atoms with Crippen molar-refractivity contribution in [3.63, 3.8) is 0 Å². The van der Waals surface area contributed by atoms with Crippen molar-refractivity contribution >= 4 is 29.2 Å². The van der Waals surface area contributed by atoms with Crippen LogP contribution >= 0.6 is 11.6 Å². The fraction of sp³-hybridized carbons (Fsp3) is 0.174. The second-order valence-electron chi connectivity index (χ2n) is 6.50. The summed E-state index contributed by atoms with van der Waals surface area (Å²) in [7, 11) is 1.56. The Kier molecular flexibility index (Phi) is 7.40. The van der Waals surface area contributed by atoms with E-state index in [1.165, 1.54) is 5.56 Å². The summed E-state index contributed by atoms with van der Waals surface area (Å²) in [5.74, 6) is 0.593. The fourth-order valence-corrected chi connectivity index (χ4v) is 2.92. The van der Waals surface area contributed by atoms with Gasteiger partial charge in [0.1, 0.15) is 5.75 Å². The first kappa shape index (κ1) is 21.3. The van der Waals surface area contributed by atoms with Gasteiger partial charge in [-0.05, 0) is 53.9 Å². The van der Waals surface area contributed by atoms with Crippen LogP contribution in [0.3, 0.4) is 0 Å². The third-order valence-electron chi connectivity index (χ3n) is 4.41. The largest absolute Gasteiger partial charge is 0.495 e. The van der Waals surface area contributed by atoms with E-state index in [1.807, 2.05) is 24.3 Å². The first-order valence-corrected chi connectivity index (χ1v) is 9.91. The molecule has 0 atom stereocenters. The van der Waals surface area contributed by atoms with Gasteiger partial charge in [0.25, 0.3) is 5.91 Å². The number of nitrogens with one attached hydrogen (secondary N) is 2. The van der Waals surface area contributed by atoms with Gasteiger partial charge < -0.3 is 10.1 Å². The van der Waals surface area contributed by atoms with Crippen LogP contribution in [0.4, 0.5) is 5.69 Å². The normalized spacial score (nSPS) is 11.1. The van der Waals surface area contributed by atoms with Crippen molar-refractivity contribution in [1.29, 1.82) is 0 Å². The maximum Gasteiger partial charge on any atom is 0.257 e. The lowest BCUT2D eigenvalue weighted by molar-refractivity contribution is 0.0977. The molecule has 3 aromatic rings. The molecule has 6 nitrogen and oxygen atoms in total. The minimum Gasteiger partial charge on any atom is -0.495 e. The van der Waals surface area contributed by atoms with Crippen molar-refractivity contribution in [2.45, 2.75) is 19.9 Å². The zero-order chi connectivity index (χ0) is 21.3. The smallest absolute Gasteiger partial charge is 0.257 e. The van der Waals surface area contributed by atoms with Crippen molar-refractivity contribution < 1.29 is 9.53 Å². The van der Waals surface area contributed by atoms with E-state index in [0.717, 1.165) is 12.0 Å². The number of aromatic nitrogens is 1. The van der Waals surface area contributed by atoms with Gasteiger partial charge in [0.05, 0.1) is 19.3 Å². The van der Waals surface area contributed by atoms with E-state index in [2.05, 4.69) is 27.5 Å². The Morgan fingerprint density at radius 1 is 1.13 bits per heavy atom. The van der Waals surface area contributed by atoms with Crippen LogP contribution < -0.4 is 15.4 Å². The molecule has 0 aliphatic rings. The Bertz CT molecular complexity index is 1020. The van der Waals surface area contributed by atoms with Gasteiger partial charge in [-0.2, -0.15) is 0 Å². The quantitative estimate of drug-likeness (QED) is 0.445. The van der Waals surface area contributed by atoms with Gasteiger partial charge in [0.2, 0.25) is 5.96 Å². The minimum atomic E-state index is -0.268. The van der Waals surface area contributed by atoms with Crippen molar-refractivity contribution in [2.24, 2.45) is 4.99 Å². The lowest BCUT2D eigenvalue weighted by atomic mass is 10.1. The number of carbonyl (C=O) groups is 1. The van der Waals surface area contributed by atoms with Crippen LogP contribution in [0.15, 0.2) is 72.0 Å². The number of ether oxygens (including phenoxy) is 1. The minimum absolute atomic E-state index is 0.268. The van der Waals surface area contributed by atoms with E-state index in [0.29, 0.717) is 28.6 Å². The molecule has 0 aliphatic carbocycles. The summed E-state index contributed by atoms with van der Waals surface area (Å²) >= 11 is 6.13. The molecule has 0 radical (unpaired) electrons. The predicted octanol–water partition coefficient (Wildman–Crippen LogP) is 4.70. The van der Waals surface area contributed by atoms with Crippen molar-refractivity contribution in [3.8, 4) is 5.75 Å². The average Bonchev–Trinajstić information content (AvgIpc) is 2.78. The molecule has 1 aromatic heterocycles. The topological polar surface area (TPSA) is 75.6 Å². The molecule has 0 fully saturated rings. The average molecular weight is 423 g/mol. The second-order valence-corrected chi connectivity index (χ2v) is 6.94. The monoisotopic (exact) mass is 422 g/mol. The molecule has 0 unspecified atom stereocenters. The van der Waals surface area contributed by atoms with Crippen molar-refractivity contribution in [2.75, 3.05) is 12.4 Å². The lowest BCUT2D eigenvalue weighted by Gasteiger charge is -2.15. The maximum absolute atomic E-state index is 12.8. The number of aryl methyl sites for hydroxylation is 1. The summed E-state index contributed by atoms with van der Waals surface area (Å²) in [4.78, 5) is 21.4. The Labute approximate surface area is 181 Å². The lowest BCUT2D eigenvalue weighted by Crippen LogP contribution is -2.36. The molecule has 0 bridgehead atoms. The summed E-state index contributed by atoms with van der Waals surface area (Å²) in [6.07, 6.45) is 4.34. The number of hydrogen-bond acceptors (Lipinski definition) is 4. The number of pyridine rings is 1. The van der Waals surface area contributed by atoms with Gasteiger partial charge in [0.15, 0.2) is 0 Å². The van der Waals surface area contributed by atoms with Gasteiger partial charge in [-0.1, -0.05) is 36.7 Å². The summed E-state index contributed by atoms with van der Waals surface area (Å²) < 4.78 is 5.38. The highest BCUT2D eigenvalue weighted by Crippen LogP contribution is 2.27. The summed E-state index contributed by atoms with van der Waals surface area (Å²) in [6, 6.07) is 16.4.